The number of nitrogens with zero attached hydrogens (tertiary/aromatic N) is 1. The first-order valence-electron chi connectivity index (χ1n) is 8.58. The van der Waals surface area contributed by atoms with Gasteiger partial charge in [0.25, 0.3) is 0 Å². The van der Waals surface area contributed by atoms with Crippen molar-refractivity contribution in [2.24, 2.45) is 11.8 Å². The number of amides is 3. The van der Waals surface area contributed by atoms with Crippen molar-refractivity contribution in [2.75, 3.05) is 6.54 Å². The van der Waals surface area contributed by atoms with Crippen molar-refractivity contribution in [3.63, 3.8) is 0 Å². The molecule has 6 heteroatoms. The fourth-order valence-corrected chi connectivity index (χ4v) is 3.61. The minimum atomic E-state index is -0.202. The first kappa shape index (κ1) is 17.7. The third-order valence-electron chi connectivity index (χ3n) is 4.82. The molecule has 1 aliphatic heterocycles. The van der Waals surface area contributed by atoms with Gasteiger partial charge in [0.15, 0.2) is 0 Å². The number of hydrogen-bond donors (Lipinski definition) is 1. The van der Waals surface area contributed by atoms with Crippen LogP contribution >= 0.6 is 11.6 Å². The minimum Gasteiger partial charge on any atom is -0.352 e. The second-order valence-corrected chi connectivity index (χ2v) is 6.86. The van der Waals surface area contributed by atoms with Gasteiger partial charge in [0.2, 0.25) is 17.7 Å². The smallest absolute Gasteiger partial charge is 0.233 e. The van der Waals surface area contributed by atoms with Crippen molar-refractivity contribution in [3.05, 3.63) is 47.0 Å². The van der Waals surface area contributed by atoms with E-state index in [0.717, 1.165) is 5.56 Å². The van der Waals surface area contributed by atoms with Crippen molar-refractivity contribution in [2.45, 2.75) is 32.2 Å². The molecule has 0 bridgehead atoms. The number of carbonyl (C=O) groups excluding carboxylic acids is 3. The van der Waals surface area contributed by atoms with Gasteiger partial charge in [-0.25, -0.2) is 0 Å². The second kappa shape index (κ2) is 7.83. The average molecular weight is 361 g/mol. The summed E-state index contributed by atoms with van der Waals surface area (Å²) >= 11 is 6.05. The molecule has 3 amide bonds. The zero-order valence-electron chi connectivity index (χ0n) is 13.9. The molecule has 1 saturated heterocycles. The molecule has 1 aromatic rings. The summed E-state index contributed by atoms with van der Waals surface area (Å²) < 4.78 is 0. The number of halogens is 1. The topological polar surface area (TPSA) is 66.5 Å². The number of benzene rings is 1. The summed E-state index contributed by atoms with van der Waals surface area (Å²) in [6.45, 7) is 0.681. The summed E-state index contributed by atoms with van der Waals surface area (Å²) in [5, 5.41) is 3.43. The molecule has 25 heavy (non-hydrogen) atoms. The number of nitrogens with one attached hydrogen (secondary N) is 1. The van der Waals surface area contributed by atoms with Crippen LogP contribution in [0, 0.1) is 11.8 Å². The zero-order valence-corrected chi connectivity index (χ0v) is 14.7. The number of likely N-dealkylation sites (tertiary alicyclic amines) is 1. The van der Waals surface area contributed by atoms with Gasteiger partial charge in [0, 0.05) is 24.5 Å². The summed E-state index contributed by atoms with van der Waals surface area (Å²) in [5.74, 6) is -0.692. The number of rotatable bonds is 6. The Bertz CT molecular complexity index is 690. The van der Waals surface area contributed by atoms with Gasteiger partial charge >= 0.3 is 0 Å². The highest BCUT2D eigenvalue weighted by atomic mass is 35.5. The van der Waals surface area contributed by atoms with Crippen LogP contribution in [0.25, 0.3) is 0 Å². The van der Waals surface area contributed by atoms with Crippen LogP contribution in [0.1, 0.15) is 31.2 Å². The second-order valence-electron chi connectivity index (χ2n) is 6.46. The van der Waals surface area contributed by atoms with Crippen molar-refractivity contribution in [1.29, 1.82) is 0 Å². The van der Waals surface area contributed by atoms with Crippen LogP contribution in [0.15, 0.2) is 36.4 Å². The number of hydrogen-bond acceptors (Lipinski definition) is 3. The fraction of sp³-hybridized carbons (Fsp3) is 0.421. The van der Waals surface area contributed by atoms with Crippen molar-refractivity contribution in [3.8, 4) is 0 Å². The maximum atomic E-state index is 12.3. The SMILES string of the molecule is O=C(CCCN1C(=O)[C@H]2CC=CC[C@H]2C1=O)NCc1ccccc1Cl. The molecular formula is C19H21ClN2O3. The molecule has 1 fully saturated rings. The maximum Gasteiger partial charge on any atom is 0.233 e. The quantitative estimate of drug-likeness (QED) is 0.626. The molecule has 1 N–H and O–H groups in total. The Labute approximate surface area is 152 Å². The Morgan fingerprint density at radius 1 is 1.12 bits per heavy atom. The first-order valence-corrected chi connectivity index (χ1v) is 8.96. The third kappa shape index (κ3) is 3.93. The van der Waals surface area contributed by atoms with Gasteiger partial charge in [-0.05, 0) is 30.9 Å². The van der Waals surface area contributed by atoms with Crippen molar-refractivity contribution >= 4 is 29.3 Å². The lowest BCUT2D eigenvalue weighted by Crippen LogP contribution is -2.33. The van der Waals surface area contributed by atoms with E-state index < -0.39 is 0 Å². The highest BCUT2D eigenvalue weighted by Gasteiger charge is 2.46. The molecule has 1 aromatic carbocycles. The molecule has 0 unspecified atom stereocenters. The molecule has 132 valence electrons. The molecule has 0 aromatic heterocycles. The van der Waals surface area contributed by atoms with E-state index in [4.69, 9.17) is 11.6 Å². The Hall–Kier alpha value is -2.14. The number of fused-ring (bicyclic) bond motifs is 1. The lowest BCUT2D eigenvalue weighted by Gasteiger charge is -2.14. The maximum absolute atomic E-state index is 12.3. The number of imide groups is 1. The molecule has 1 heterocycles. The number of carbonyl (C=O) groups is 3. The molecule has 0 radical (unpaired) electrons. The highest BCUT2D eigenvalue weighted by Crippen LogP contribution is 2.35. The highest BCUT2D eigenvalue weighted by molar-refractivity contribution is 6.31. The molecule has 1 aliphatic carbocycles. The first-order chi connectivity index (χ1) is 12.1. The standard InChI is InChI=1S/C19H21ClN2O3/c20-16-9-4-1-6-13(16)12-21-17(23)10-5-11-22-18(24)14-7-2-3-8-15(14)19(22)25/h1-4,6,9,14-15H,5,7-8,10-12H2,(H,21,23)/t14-,15+. The molecule has 5 nitrogen and oxygen atoms in total. The Morgan fingerprint density at radius 2 is 1.76 bits per heavy atom. The van der Waals surface area contributed by atoms with Crippen molar-refractivity contribution in [1.82, 2.24) is 10.2 Å². The summed E-state index contributed by atoms with van der Waals surface area (Å²) in [4.78, 5) is 38.0. The Balaban J connectivity index is 1.43. The van der Waals surface area contributed by atoms with Gasteiger partial charge in [-0.3, -0.25) is 19.3 Å². The van der Waals surface area contributed by atoms with Crippen LogP contribution < -0.4 is 5.32 Å². The third-order valence-corrected chi connectivity index (χ3v) is 5.19. The summed E-state index contributed by atoms with van der Waals surface area (Å²) in [6.07, 6.45) is 5.97. The van der Waals surface area contributed by atoms with Gasteiger partial charge in [0.05, 0.1) is 11.8 Å². The molecule has 3 rings (SSSR count). The van der Waals surface area contributed by atoms with Crippen LogP contribution in [0.5, 0.6) is 0 Å². The normalized spacial score (nSPS) is 22.2. The predicted octanol–water partition coefficient (Wildman–Crippen LogP) is 2.69. The van der Waals surface area contributed by atoms with Crippen LogP contribution in [0.2, 0.25) is 5.02 Å². The van der Waals surface area contributed by atoms with Gasteiger partial charge < -0.3 is 5.32 Å². The molecule has 2 atom stereocenters. The summed E-state index contributed by atoms with van der Waals surface area (Å²) in [6, 6.07) is 7.35. The van der Waals surface area contributed by atoms with E-state index >= 15 is 0 Å². The van der Waals surface area contributed by atoms with Gasteiger partial charge in [-0.1, -0.05) is 42.0 Å². The largest absolute Gasteiger partial charge is 0.352 e. The van der Waals surface area contributed by atoms with Crippen LogP contribution in [-0.4, -0.2) is 29.2 Å². The van der Waals surface area contributed by atoms with Gasteiger partial charge in [-0.15, -0.1) is 0 Å². The lowest BCUT2D eigenvalue weighted by molar-refractivity contribution is -0.140. The van der Waals surface area contributed by atoms with Crippen LogP contribution in [0.4, 0.5) is 0 Å². The molecule has 0 spiro atoms. The zero-order chi connectivity index (χ0) is 17.8. The number of allylic oxidation sites excluding steroid dienone is 2. The van der Waals surface area contributed by atoms with Crippen LogP contribution in [0.3, 0.4) is 0 Å². The monoisotopic (exact) mass is 360 g/mol. The minimum absolute atomic E-state index is 0.0872. The van der Waals surface area contributed by atoms with E-state index in [-0.39, 0.29) is 36.0 Å². The summed E-state index contributed by atoms with van der Waals surface area (Å²) in [5.41, 5.74) is 0.860. The van der Waals surface area contributed by atoms with Crippen LogP contribution in [-0.2, 0) is 20.9 Å². The molecule has 0 saturated carbocycles. The van der Waals surface area contributed by atoms with E-state index in [1.807, 2.05) is 30.4 Å². The predicted molar refractivity (Wildman–Crippen MR) is 94.6 cm³/mol. The summed E-state index contributed by atoms with van der Waals surface area (Å²) in [7, 11) is 0. The molecular weight excluding hydrogens is 340 g/mol. The Morgan fingerprint density at radius 3 is 2.40 bits per heavy atom. The van der Waals surface area contributed by atoms with E-state index in [0.29, 0.717) is 37.4 Å². The average Bonchev–Trinajstić information content (AvgIpc) is 2.86. The van der Waals surface area contributed by atoms with E-state index in [2.05, 4.69) is 5.32 Å². The Kier molecular flexibility index (Phi) is 5.53. The van der Waals surface area contributed by atoms with E-state index in [1.165, 1.54) is 4.90 Å². The molecule has 2 aliphatic rings. The van der Waals surface area contributed by atoms with Gasteiger partial charge in [0.1, 0.15) is 0 Å². The van der Waals surface area contributed by atoms with Gasteiger partial charge in [-0.2, -0.15) is 0 Å². The van der Waals surface area contributed by atoms with E-state index in [9.17, 15) is 14.4 Å². The fourth-order valence-electron chi connectivity index (χ4n) is 3.41. The lowest BCUT2D eigenvalue weighted by atomic mass is 9.85. The van der Waals surface area contributed by atoms with Crippen molar-refractivity contribution < 1.29 is 14.4 Å². The van der Waals surface area contributed by atoms with E-state index in [1.54, 1.807) is 6.07 Å².